The highest BCUT2D eigenvalue weighted by molar-refractivity contribution is 6.31. The van der Waals surface area contributed by atoms with Crippen molar-refractivity contribution in [3.63, 3.8) is 0 Å². The Bertz CT molecular complexity index is 793. The molecule has 1 atom stereocenters. The molecule has 0 unspecified atom stereocenters. The molecule has 150 valence electrons. The summed E-state index contributed by atoms with van der Waals surface area (Å²) in [5.74, 6) is 0.140. The van der Waals surface area contributed by atoms with Crippen LogP contribution in [-0.2, 0) is 22.6 Å². The first-order chi connectivity index (χ1) is 13.5. The number of amides is 2. The molecule has 0 aliphatic carbocycles. The molecule has 0 bridgehead atoms. The van der Waals surface area contributed by atoms with Crippen LogP contribution in [0.4, 0.5) is 0 Å². The van der Waals surface area contributed by atoms with Crippen molar-refractivity contribution in [1.82, 2.24) is 10.2 Å². The van der Waals surface area contributed by atoms with Crippen LogP contribution in [0.3, 0.4) is 0 Å². The zero-order valence-corrected chi connectivity index (χ0v) is 17.3. The summed E-state index contributed by atoms with van der Waals surface area (Å²) in [6.45, 7) is 4.04. The zero-order valence-electron chi connectivity index (χ0n) is 16.6. The number of nitrogens with one attached hydrogen (secondary N) is 1. The van der Waals surface area contributed by atoms with Crippen LogP contribution in [0.5, 0.6) is 5.75 Å². The number of rotatable bonds is 9. The molecular formula is C22H27ClN2O3. The SMILES string of the molecule is CCc1ccc(OCC(=O)N(Cc2ccccc2Cl)[C@@H](CC)C(=O)NC)cc1. The van der Waals surface area contributed by atoms with Crippen LogP contribution in [-0.4, -0.2) is 36.4 Å². The Kier molecular flexibility index (Phi) is 8.33. The number of carbonyl (C=O) groups excluding carboxylic acids is 2. The summed E-state index contributed by atoms with van der Waals surface area (Å²) in [6.07, 6.45) is 1.43. The molecule has 6 heteroatoms. The van der Waals surface area contributed by atoms with Crippen molar-refractivity contribution in [2.24, 2.45) is 0 Å². The second-order valence-electron chi connectivity index (χ2n) is 6.44. The molecule has 0 heterocycles. The number of aryl methyl sites for hydroxylation is 1. The van der Waals surface area contributed by atoms with Crippen molar-refractivity contribution in [3.05, 3.63) is 64.7 Å². The van der Waals surface area contributed by atoms with Gasteiger partial charge in [0.15, 0.2) is 6.61 Å². The highest BCUT2D eigenvalue weighted by Gasteiger charge is 2.28. The molecule has 2 aromatic carbocycles. The van der Waals surface area contributed by atoms with E-state index in [9.17, 15) is 9.59 Å². The summed E-state index contributed by atoms with van der Waals surface area (Å²) >= 11 is 6.27. The van der Waals surface area contributed by atoms with Crippen molar-refractivity contribution in [1.29, 1.82) is 0 Å². The van der Waals surface area contributed by atoms with Gasteiger partial charge in [-0.05, 0) is 42.2 Å². The van der Waals surface area contributed by atoms with Crippen LogP contribution < -0.4 is 10.1 Å². The lowest BCUT2D eigenvalue weighted by molar-refractivity contribution is -0.142. The van der Waals surface area contributed by atoms with E-state index in [2.05, 4.69) is 12.2 Å². The quantitative estimate of drug-likeness (QED) is 0.693. The van der Waals surface area contributed by atoms with E-state index >= 15 is 0 Å². The van der Waals surface area contributed by atoms with E-state index in [0.717, 1.165) is 12.0 Å². The Hall–Kier alpha value is -2.53. The van der Waals surface area contributed by atoms with Gasteiger partial charge in [0.25, 0.3) is 5.91 Å². The summed E-state index contributed by atoms with van der Waals surface area (Å²) in [5, 5.41) is 3.19. The van der Waals surface area contributed by atoms with Gasteiger partial charge in [-0.3, -0.25) is 9.59 Å². The number of nitrogens with zero attached hydrogens (tertiary/aromatic N) is 1. The topological polar surface area (TPSA) is 58.6 Å². The fourth-order valence-corrected chi connectivity index (χ4v) is 3.14. The average Bonchev–Trinajstić information content (AvgIpc) is 2.73. The van der Waals surface area contributed by atoms with E-state index in [1.54, 1.807) is 13.1 Å². The van der Waals surface area contributed by atoms with Crippen molar-refractivity contribution < 1.29 is 14.3 Å². The second-order valence-corrected chi connectivity index (χ2v) is 6.84. The second kappa shape index (κ2) is 10.7. The third-order valence-electron chi connectivity index (χ3n) is 4.62. The van der Waals surface area contributed by atoms with Crippen LogP contribution in [0.25, 0.3) is 0 Å². The van der Waals surface area contributed by atoms with Crippen molar-refractivity contribution in [2.45, 2.75) is 39.3 Å². The fraction of sp³-hybridized carbons (Fsp3) is 0.364. The Morgan fingerprint density at radius 1 is 1.11 bits per heavy atom. The van der Waals surface area contributed by atoms with Crippen LogP contribution in [0.15, 0.2) is 48.5 Å². The predicted molar refractivity (Wildman–Crippen MR) is 111 cm³/mol. The molecule has 0 aromatic heterocycles. The van der Waals surface area contributed by atoms with Crippen LogP contribution in [0.1, 0.15) is 31.4 Å². The van der Waals surface area contributed by atoms with Crippen LogP contribution >= 0.6 is 11.6 Å². The molecule has 0 aliphatic rings. The Morgan fingerprint density at radius 2 is 1.79 bits per heavy atom. The summed E-state index contributed by atoms with van der Waals surface area (Å²) in [6, 6.07) is 14.4. The number of ether oxygens (including phenoxy) is 1. The van der Waals surface area contributed by atoms with Gasteiger partial charge in [-0.15, -0.1) is 0 Å². The summed E-state index contributed by atoms with van der Waals surface area (Å²) in [5.41, 5.74) is 1.98. The minimum atomic E-state index is -0.597. The molecule has 2 rings (SSSR count). The third-order valence-corrected chi connectivity index (χ3v) is 4.99. The average molecular weight is 403 g/mol. The summed E-state index contributed by atoms with van der Waals surface area (Å²) < 4.78 is 5.67. The van der Waals surface area contributed by atoms with Crippen molar-refractivity contribution in [3.8, 4) is 5.75 Å². The van der Waals surface area contributed by atoms with E-state index in [1.807, 2.05) is 49.4 Å². The van der Waals surface area contributed by atoms with Gasteiger partial charge in [0.05, 0.1) is 0 Å². The Balaban J connectivity index is 2.17. The molecule has 0 aliphatic heterocycles. The summed E-state index contributed by atoms with van der Waals surface area (Å²) in [4.78, 5) is 26.8. The van der Waals surface area contributed by atoms with E-state index in [-0.39, 0.29) is 25.0 Å². The minimum absolute atomic E-state index is 0.149. The van der Waals surface area contributed by atoms with Gasteiger partial charge in [-0.1, -0.05) is 55.8 Å². The lowest BCUT2D eigenvalue weighted by atomic mass is 10.1. The molecule has 2 amide bonds. The molecule has 2 aromatic rings. The Labute approximate surface area is 171 Å². The molecule has 0 radical (unpaired) electrons. The van der Waals surface area contributed by atoms with Gasteiger partial charge in [0.2, 0.25) is 5.91 Å². The number of benzene rings is 2. The first-order valence-electron chi connectivity index (χ1n) is 9.46. The normalized spacial score (nSPS) is 11.6. The van der Waals surface area contributed by atoms with E-state index in [4.69, 9.17) is 16.3 Å². The molecule has 0 spiro atoms. The standard InChI is InChI=1S/C22H27ClN2O3/c1-4-16-10-12-18(13-11-16)28-15-21(26)25(20(5-2)22(27)24-3)14-17-8-6-7-9-19(17)23/h6-13,20H,4-5,14-15H2,1-3H3,(H,24,27)/t20-/m0/s1. The van der Waals surface area contributed by atoms with Crippen molar-refractivity contribution >= 4 is 23.4 Å². The van der Waals surface area contributed by atoms with Gasteiger partial charge >= 0.3 is 0 Å². The molecule has 1 N–H and O–H groups in total. The maximum Gasteiger partial charge on any atom is 0.261 e. The smallest absolute Gasteiger partial charge is 0.261 e. The molecule has 5 nitrogen and oxygen atoms in total. The van der Waals surface area contributed by atoms with Gasteiger partial charge in [0, 0.05) is 18.6 Å². The van der Waals surface area contributed by atoms with Gasteiger partial charge < -0.3 is 15.0 Å². The predicted octanol–water partition coefficient (Wildman–Crippen LogP) is 3.83. The highest BCUT2D eigenvalue weighted by atomic mass is 35.5. The molecule has 0 saturated heterocycles. The zero-order chi connectivity index (χ0) is 20.5. The molecule has 0 fully saturated rings. The third kappa shape index (κ3) is 5.73. The number of likely N-dealkylation sites (N-methyl/N-ethyl adjacent to an activating group) is 1. The van der Waals surface area contributed by atoms with E-state index in [0.29, 0.717) is 17.2 Å². The number of carbonyl (C=O) groups is 2. The minimum Gasteiger partial charge on any atom is -0.484 e. The molecule has 0 saturated carbocycles. The molecular weight excluding hydrogens is 376 g/mol. The maximum absolute atomic E-state index is 13.0. The van der Waals surface area contributed by atoms with E-state index < -0.39 is 6.04 Å². The summed E-state index contributed by atoms with van der Waals surface area (Å²) in [7, 11) is 1.56. The lowest BCUT2D eigenvalue weighted by Crippen LogP contribution is -2.49. The maximum atomic E-state index is 13.0. The number of hydrogen-bond acceptors (Lipinski definition) is 3. The number of hydrogen-bond donors (Lipinski definition) is 1. The van der Waals surface area contributed by atoms with Gasteiger partial charge in [-0.2, -0.15) is 0 Å². The first-order valence-corrected chi connectivity index (χ1v) is 9.84. The Morgan fingerprint density at radius 3 is 2.36 bits per heavy atom. The van der Waals surface area contributed by atoms with Crippen molar-refractivity contribution in [2.75, 3.05) is 13.7 Å². The lowest BCUT2D eigenvalue weighted by Gasteiger charge is -2.30. The molecule has 28 heavy (non-hydrogen) atoms. The number of halogens is 1. The fourth-order valence-electron chi connectivity index (χ4n) is 2.95. The largest absolute Gasteiger partial charge is 0.484 e. The van der Waals surface area contributed by atoms with E-state index in [1.165, 1.54) is 10.5 Å². The van der Waals surface area contributed by atoms with Crippen LogP contribution in [0.2, 0.25) is 5.02 Å². The first kappa shape index (κ1) is 21.8. The van der Waals surface area contributed by atoms with Crippen LogP contribution in [0, 0.1) is 0 Å². The van der Waals surface area contributed by atoms with Gasteiger partial charge in [0.1, 0.15) is 11.8 Å². The monoisotopic (exact) mass is 402 g/mol. The van der Waals surface area contributed by atoms with Gasteiger partial charge in [-0.25, -0.2) is 0 Å². The highest BCUT2D eigenvalue weighted by Crippen LogP contribution is 2.20.